The van der Waals surface area contributed by atoms with Gasteiger partial charge in [0.05, 0.1) is 6.42 Å². The largest absolute Gasteiger partial charge is 0.444 e. The molecule has 0 spiro atoms. The fourth-order valence-corrected chi connectivity index (χ4v) is 5.19. The van der Waals surface area contributed by atoms with Crippen LogP contribution in [0.5, 0.6) is 0 Å². The normalized spacial score (nSPS) is 13.5. The first-order valence-corrected chi connectivity index (χ1v) is 15.5. The molecule has 9 heteroatoms. The number of fused-ring (bicyclic) bond motifs is 1. The van der Waals surface area contributed by atoms with Gasteiger partial charge in [-0.3, -0.25) is 14.4 Å². The first-order chi connectivity index (χ1) is 21.1. The number of benzene rings is 3. The van der Waals surface area contributed by atoms with Gasteiger partial charge < -0.3 is 26.0 Å². The number of carbonyl (C=O) groups is 4. The fourth-order valence-electron chi connectivity index (χ4n) is 5.19. The third-order valence-corrected chi connectivity index (χ3v) is 7.68. The molecular weight excluding hydrogens is 568 g/mol. The molecule has 3 unspecified atom stereocenters. The summed E-state index contributed by atoms with van der Waals surface area (Å²) < 4.78 is 5.40. The number of carbonyl (C=O) groups excluding carboxylic acids is 4. The lowest BCUT2D eigenvalue weighted by atomic mass is 9.94. The Balaban J connectivity index is 2.13. The van der Waals surface area contributed by atoms with E-state index in [0.717, 1.165) is 28.3 Å². The van der Waals surface area contributed by atoms with E-state index in [-0.39, 0.29) is 0 Å². The molecule has 0 aliphatic heterocycles. The lowest BCUT2D eigenvalue weighted by Crippen LogP contribution is -2.55. The van der Waals surface area contributed by atoms with Crippen molar-refractivity contribution in [2.24, 2.45) is 11.7 Å². The van der Waals surface area contributed by atoms with E-state index in [2.05, 4.69) is 24.5 Å². The summed E-state index contributed by atoms with van der Waals surface area (Å²) in [6.45, 7) is 15.1. The zero-order valence-corrected chi connectivity index (χ0v) is 27.8. The smallest absolute Gasteiger partial charge is 0.408 e. The second kappa shape index (κ2) is 15.1. The van der Waals surface area contributed by atoms with Crippen LogP contribution in [0.25, 0.3) is 10.8 Å². The highest BCUT2D eigenvalue weighted by atomic mass is 16.6. The molecule has 0 saturated carbocycles. The summed E-state index contributed by atoms with van der Waals surface area (Å²) in [5, 5.41) is 7.58. The number of nitrogens with one attached hydrogen (secondary N) is 2. The topological polar surface area (TPSA) is 131 Å². The number of anilines is 1. The Kier molecular flexibility index (Phi) is 11.7. The molecule has 0 aliphatic carbocycles. The van der Waals surface area contributed by atoms with Crippen LogP contribution in [0.1, 0.15) is 83.5 Å². The first-order valence-electron chi connectivity index (χ1n) is 15.5. The van der Waals surface area contributed by atoms with Gasteiger partial charge in [-0.15, -0.1) is 0 Å². The van der Waals surface area contributed by atoms with Crippen LogP contribution in [0.15, 0.2) is 60.7 Å². The van der Waals surface area contributed by atoms with Crippen LogP contribution in [0, 0.1) is 19.8 Å². The van der Waals surface area contributed by atoms with Gasteiger partial charge in [0.1, 0.15) is 17.7 Å². The molecule has 0 radical (unpaired) electrons. The van der Waals surface area contributed by atoms with Gasteiger partial charge in [0.25, 0.3) is 5.91 Å². The summed E-state index contributed by atoms with van der Waals surface area (Å²) in [4.78, 5) is 55.4. The monoisotopic (exact) mass is 616 g/mol. The molecule has 3 aromatic carbocycles. The van der Waals surface area contributed by atoms with E-state index in [1.807, 2.05) is 81.4 Å². The van der Waals surface area contributed by atoms with E-state index in [9.17, 15) is 19.2 Å². The lowest BCUT2D eigenvalue weighted by Gasteiger charge is -2.39. The van der Waals surface area contributed by atoms with Crippen molar-refractivity contribution in [3.8, 4) is 0 Å². The third-order valence-electron chi connectivity index (χ3n) is 7.68. The summed E-state index contributed by atoms with van der Waals surface area (Å²) in [6.07, 6.45) is 0.0538. The fraction of sp³-hybridized carbons (Fsp3) is 0.444. The molecule has 242 valence electrons. The van der Waals surface area contributed by atoms with Gasteiger partial charge in [-0.25, -0.2) is 4.79 Å². The summed E-state index contributed by atoms with van der Waals surface area (Å²) in [5.74, 6) is -1.46. The molecule has 0 aromatic heterocycles. The first kappa shape index (κ1) is 35.1. The second-order valence-corrected chi connectivity index (χ2v) is 13.2. The number of alkyl carbamates (subject to hydrolysis) is 1. The summed E-state index contributed by atoms with van der Waals surface area (Å²) in [6, 6.07) is 16.3. The van der Waals surface area contributed by atoms with Gasteiger partial charge in [0.15, 0.2) is 0 Å². The van der Waals surface area contributed by atoms with E-state index in [0.29, 0.717) is 23.6 Å². The maximum absolute atomic E-state index is 14.5. The third kappa shape index (κ3) is 10.1. The molecule has 4 amide bonds. The summed E-state index contributed by atoms with van der Waals surface area (Å²) >= 11 is 0. The number of ether oxygens (including phenoxy) is 1. The van der Waals surface area contributed by atoms with Crippen molar-refractivity contribution in [1.82, 2.24) is 10.2 Å². The van der Waals surface area contributed by atoms with Crippen LogP contribution < -0.4 is 16.4 Å². The van der Waals surface area contributed by atoms with Crippen LogP contribution in [-0.4, -0.2) is 46.4 Å². The van der Waals surface area contributed by atoms with E-state index < -0.39 is 54.0 Å². The average Bonchev–Trinajstić information content (AvgIpc) is 2.94. The molecule has 0 bridgehead atoms. The van der Waals surface area contributed by atoms with Crippen LogP contribution in [0.2, 0.25) is 0 Å². The highest BCUT2D eigenvalue weighted by molar-refractivity contribution is 6.01. The summed E-state index contributed by atoms with van der Waals surface area (Å²) in [5.41, 5.74) is 7.90. The van der Waals surface area contributed by atoms with Crippen molar-refractivity contribution < 1.29 is 23.9 Å². The SMILES string of the molecule is Cc1ccc(C(C(=O)Nc2ccc3ccccc3c2)N(C(=O)C(CC(N)=O)NC(=O)OC(C)(C)C)C(C)CCC(C)C)cc1C. The van der Waals surface area contributed by atoms with Gasteiger partial charge >= 0.3 is 6.09 Å². The number of amides is 4. The number of nitrogens with two attached hydrogens (primary N) is 1. The predicted octanol–water partition coefficient (Wildman–Crippen LogP) is 6.56. The molecule has 9 nitrogen and oxygen atoms in total. The molecule has 45 heavy (non-hydrogen) atoms. The van der Waals surface area contributed by atoms with Crippen molar-refractivity contribution >= 4 is 40.3 Å². The van der Waals surface area contributed by atoms with Gasteiger partial charge in [0, 0.05) is 11.7 Å². The van der Waals surface area contributed by atoms with E-state index in [4.69, 9.17) is 10.5 Å². The maximum atomic E-state index is 14.5. The lowest BCUT2D eigenvalue weighted by molar-refractivity contribution is -0.144. The molecule has 3 aromatic rings. The quantitative estimate of drug-likeness (QED) is 0.212. The maximum Gasteiger partial charge on any atom is 0.408 e. The van der Waals surface area contributed by atoms with E-state index in [1.165, 1.54) is 4.90 Å². The molecular formula is C36H48N4O5. The number of primary amides is 1. The van der Waals surface area contributed by atoms with Crippen molar-refractivity contribution in [3.05, 3.63) is 77.4 Å². The zero-order valence-electron chi connectivity index (χ0n) is 27.8. The average molecular weight is 617 g/mol. The molecule has 3 rings (SSSR count). The Labute approximate surface area is 266 Å². The highest BCUT2D eigenvalue weighted by Gasteiger charge is 2.39. The Hall–Kier alpha value is -4.40. The molecule has 0 saturated heterocycles. The van der Waals surface area contributed by atoms with Crippen LogP contribution in [0.4, 0.5) is 10.5 Å². The van der Waals surface area contributed by atoms with Gasteiger partial charge in [-0.1, -0.05) is 62.4 Å². The Morgan fingerprint density at radius 2 is 1.53 bits per heavy atom. The minimum atomic E-state index is -1.35. The number of nitrogens with zero attached hydrogens (tertiary/aromatic N) is 1. The minimum Gasteiger partial charge on any atom is -0.444 e. The molecule has 3 atom stereocenters. The van der Waals surface area contributed by atoms with Crippen molar-refractivity contribution in [2.75, 3.05) is 5.32 Å². The van der Waals surface area contributed by atoms with E-state index in [1.54, 1.807) is 20.8 Å². The van der Waals surface area contributed by atoms with E-state index >= 15 is 0 Å². The van der Waals surface area contributed by atoms with Gasteiger partial charge in [-0.2, -0.15) is 0 Å². The number of hydrogen-bond acceptors (Lipinski definition) is 5. The summed E-state index contributed by atoms with van der Waals surface area (Å²) in [7, 11) is 0. The van der Waals surface area contributed by atoms with Crippen LogP contribution in [0.3, 0.4) is 0 Å². The van der Waals surface area contributed by atoms with Crippen LogP contribution in [-0.2, 0) is 19.1 Å². The molecule has 0 fully saturated rings. The second-order valence-electron chi connectivity index (χ2n) is 13.2. The van der Waals surface area contributed by atoms with Crippen molar-refractivity contribution in [2.45, 2.75) is 98.4 Å². The number of rotatable bonds is 12. The zero-order chi connectivity index (χ0) is 33.5. The Morgan fingerprint density at radius 1 is 0.867 bits per heavy atom. The standard InChI is InChI=1S/C36H48N4O5/c1-22(2)13-15-25(5)40(34(43)30(21-31(37)41)39-35(44)45-36(6,7)8)32(28-16-14-23(3)24(4)19-28)33(42)38-29-18-17-26-11-9-10-12-27(26)20-29/h9-12,14,16-20,22,25,30,32H,13,15,21H2,1-8H3,(H2,37,41)(H,38,42)(H,39,44). The Morgan fingerprint density at radius 3 is 2.13 bits per heavy atom. The molecule has 0 aliphatic rings. The Bertz CT molecular complexity index is 1530. The minimum absolute atomic E-state index is 0.345. The van der Waals surface area contributed by atoms with Gasteiger partial charge in [0.2, 0.25) is 11.8 Å². The van der Waals surface area contributed by atoms with Gasteiger partial charge in [-0.05, 0) is 99.9 Å². The highest BCUT2D eigenvalue weighted by Crippen LogP contribution is 2.31. The number of hydrogen-bond donors (Lipinski definition) is 3. The molecule has 0 heterocycles. The predicted molar refractivity (Wildman–Crippen MR) is 179 cm³/mol. The van der Waals surface area contributed by atoms with Crippen LogP contribution >= 0.6 is 0 Å². The number of aryl methyl sites for hydroxylation is 2. The van der Waals surface area contributed by atoms with Crippen molar-refractivity contribution in [3.63, 3.8) is 0 Å². The van der Waals surface area contributed by atoms with Crippen molar-refractivity contribution in [1.29, 1.82) is 0 Å². The molecule has 4 N–H and O–H groups in total.